The van der Waals surface area contributed by atoms with Crippen molar-refractivity contribution in [3.05, 3.63) is 36.6 Å². The van der Waals surface area contributed by atoms with E-state index in [1.807, 2.05) is 25.2 Å². The average molecular weight is 222 g/mol. The third-order valence-corrected chi connectivity index (χ3v) is 2.68. The molecule has 1 atom stereocenters. The zero-order valence-electron chi connectivity index (χ0n) is 11.0. The maximum absolute atomic E-state index is 5.74. The predicted octanol–water partition coefficient (Wildman–Crippen LogP) is 4.87. The predicted molar refractivity (Wildman–Crippen MR) is 72.4 cm³/mol. The summed E-state index contributed by atoms with van der Waals surface area (Å²) in [6.07, 6.45) is 12.7. The van der Waals surface area contributed by atoms with Gasteiger partial charge in [-0.25, -0.2) is 0 Å². The fourth-order valence-corrected chi connectivity index (χ4v) is 1.48. The van der Waals surface area contributed by atoms with Crippen LogP contribution >= 0.6 is 0 Å². The van der Waals surface area contributed by atoms with E-state index in [2.05, 4.69) is 20.4 Å². The summed E-state index contributed by atoms with van der Waals surface area (Å²) in [6.45, 7) is 11.0. The highest BCUT2D eigenvalue weighted by atomic mass is 16.5. The Morgan fingerprint density at radius 2 is 2.12 bits per heavy atom. The Morgan fingerprint density at radius 1 is 1.38 bits per heavy atom. The number of rotatable bonds is 9. The molecule has 0 heterocycles. The van der Waals surface area contributed by atoms with Crippen molar-refractivity contribution in [1.82, 2.24) is 0 Å². The van der Waals surface area contributed by atoms with E-state index >= 15 is 0 Å². The molecule has 0 radical (unpaired) electrons. The molecule has 92 valence electrons. The van der Waals surface area contributed by atoms with E-state index in [4.69, 9.17) is 4.74 Å². The monoisotopic (exact) mass is 222 g/mol. The summed E-state index contributed by atoms with van der Waals surface area (Å²) in [5.74, 6) is 1.54. The van der Waals surface area contributed by atoms with Crippen molar-refractivity contribution in [3.63, 3.8) is 0 Å². The lowest BCUT2D eigenvalue weighted by atomic mass is 10.0. The van der Waals surface area contributed by atoms with Crippen LogP contribution in [0.15, 0.2) is 36.6 Å². The molecule has 0 amide bonds. The molecule has 0 spiro atoms. The Balaban J connectivity index is 4.01. The Morgan fingerprint density at radius 3 is 2.62 bits per heavy atom. The van der Waals surface area contributed by atoms with E-state index in [9.17, 15) is 0 Å². The standard InChI is InChI=1S/C15H26O/c1-5-9-11-14(7-3)13-16-15(8-4)12-10-6-2/h6,8,10,12,14H,4-5,7,9,11,13H2,1-3H3/b10-6-,15-12+. The number of hydrogen-bond donors (Lipinski definition) is 0. The lowest BCUT2D eigenvalue weighted by Crippen LogP contribution is -2.08. The second-order valence-electron chi connectivity index (χ2n) is 4.03. The Hall–Kier alpha value is -0.980. The van der Waals surface area contributed by atoms with Crippen LogP contribution in [0.2, 0.25) is 0 Å². The van der Waals surface area contributed by atoms with Crippen LogP contribution in [0.4, 0.5) is 0 Å². The van der Waals surface area contributed by atoms with Gasteiger partial charge in [-0.05, 0) is 31.4 Å². The van der Waals surface area contributed by atoms with Gasteiger partial charge in [-0.1, -0.05) is 51.8 Å². The lowest BCUT2D eigenvalue weighted by Gasteiger charge is -2.15. The van der Waals surface area contributed by atoms with Crippen LogP contribution in [0.1, 0.15) is 46.5 Å². The number of allylic oxidation sites excluding steroid dienone is 4. The largest absolute Gasteiger partial charge is 0.493 e. The highest BCUT2D eigenvalue weighted by Crippen LogP contribution is 2.14. The minimum atomic E-state index is 0.675. The number of ether oxygens (including phenoxy) is 1. The molecule has 0 fully saturated rings. The minimum absolute atomic E-state index is 0.675. The van der Waals surface area contributed by atoms with Gasteiger partial charge in [0.15, 0.2) is 0 Å². The molecule has 0 aliphatic heterocycles. The van der Waals surface area contributed by atoms with Gasteiger partial charge < -0.3 is 4.74 Å². The molecule has 0 aliphatic rings. The van der Waals surface area contributed by atoms with Gasteiger partial charge in [0.25, 0.3) is 0 Å². The molecular formula is C15H26O. The van der Waals surface area contributed by atoms with E-state index in [0.717, 1.165) is 12.4 Å². The maximum Gasteiger partial charge on any atom is 0.118 e. The summed E-state index contributed by atoms with van der Waals surface area (Å²) in [5, 5.41) is 0. The smallest absolute Gasteiger partial charge is 0.118 e. The second kappa shape index (κ2) is 10.5. The highest BCUT2D eigenvalue weighted by Gasteiger charge is 2.06. The number of unbranched alkanes of at least 4 members (excludes halogenated alkanes) is 1. The molecule has 0 aliphatic carbocycles. The molecule has 16 heavy (non-hydrogen) atoms. The molecule has 1 nitrogen and oxygen atoms in total. The van der Waals surface area contributed by atoms with Gasteiger partial charge in [-0.3, -0.25) is 0 Å². The summed E-state index contributed by atoms with van der Waals surface area (Å²) < 4.78 is 5.74. The summed E-state index contributed by atoms with van der Waals surface area (Å²) in [6, 6.07) is 0. The maximum atomic E-state index is 5.74. The minimum Gasteiger partial charge on any atom is -0.493 e. The molecule has 1 unspecified atom stereocenters. The third-order valence-electron chi connectivity index (χ3n) is 2.68. The fourth-order valence-electron chi connectivity index (χ4n) is 1.48. The van der Waals surface area contributed by atoms with Gasteiger partial charge in [-0.15, -0.1) is 0 Å². The molecule has 0 N–H and O–H groups in total. The zero-order valence-corrected chi connectivity index (χ0v) is 11.0. The van der Waals surface area contributed by atoms with Crippen LogP contribution in [0.25, 0.3) is 0 Å². The van der Waals surface area contributed by atoms with Gasteiger partial charge in [0.2, 0.25) is 0 Å². The van der Waals surface area contributed by atoms with Crippen LogP contribution in [0, 0.1) is 5.92 Å². The van der Waals surface area contributed by atoms with Gasteiger partial charge in [0.05, 0.1) is 6.61 Å². The molecular weight excluding hydrogens is 196 g/mol. The van der Waals surface area contributed by atoms with E-state index in [-0.39, 0.29) is 0 Å². The number of hydrogen-bond acceptors (Lipinski definition) is 1. The quantitative estimate of drug-likeness (QED) is 0.399. The first-order chi connectivity index (χ1) is 7.78. The summed E-state index contributed by atoms with van der Waals surface area (Å²) in [4.78, 5) is 0. The topological polar surface area (TPSA) is 9.23 Å². The van der Waals surface area contributed by atoms with Crippen molar-refractivity contribution in [2.24, 2.45) is 5.92 Å². The Labute approximate surface area is 101 Å². The van der Waals surface area contributed by atoms with Crippen molar-refractivity contribution < 1.29 is 4.74 Å². The van der Waals surface area contributed by atoms with E-state index in [0.29, 0.717) is 5.92 Å². The first kappa shape index (κ1) is 15.0. The fraction of sp³-hybridized carbons (Fsp3) is 0.600. The van der Waals surface area contributed by atoms with Crippen molar-refractivity contribution in [2.45, 2.75) is 46.5 Å². The second-order valence-corrected chi connectivity index (χ2v) is 4.03. The normalized spacial score (nSPS) is 14.1. The average Bonchev–Trinajstić information content (AvgIpc) is 2.33. The van der Waals surface area contributed by atoms with Crippen LogP contribution in [0.3, 0.4) is 0 Å². The van der Waals surface area contributed by atoms with Crippen molar-refractivity contribution in [2.75, 3.05) is 6.61 Å². The van der Waals surface area contributed by atoms with E-state index < -0.39 is 0 Å². The SMILES string of the molecule is C=C/C(=C\C=C/C)OCC(CC)CCCC. The van der Waals surface area contributed by atoms with Crippen LogP contribution in [-0.4, -0.2) is 6.61 Å². The molecule has 0 aromatic carbocycles. The Kier molecular flexibility index (Phi) is 9.89. The van der Waals surface area contributed by atoms with Crippen molar-refractivity contribution >= 4 is 0 Å². The van der Waals surface area contributed by atoms with Gasteiger partial charge in [0, 0.05) is 0 Å². The van der Waals surface area contributed by atoms with Gasteiger partial charge >= 0.3 is 0 Å². The van der Waals surface area contributed by atoms with Gasteiger partial charge in [-0.2, -0.15) is 0 Å². The van der Waals surface area contributed by atoms with E-state index in [1.165, 1.54) is 25.7 Å². The van der Waals surface area contributed by atoms with Crippen LogP contribution in [0.5, 0.6) is 0 Å². The van der Waals surface area contributed by atoms with E-state index in [1.54, 1.807) is 6.08 Å². The molecule has 0 saturated carbocycles. The summed E-state index contributed by atoms with van der Waals surface area (Å²) in [5.41, 5.74) is 0. The molecule has 0 aromatic heterocycles. The molecule has 1 heteroatoms. The summed E-state index contributed by atoms with van der Waals surface area (Å²) in [7, 11) is 0. The third kappa shape index (κ3) is 7.33. The van der Waals surface area contributed by atoms with Crippen LogP contribution in [-0.2, 0) is 4.74 Å². The lowest BCUT2D eigenvalue weighted by molar-refractivity contribution is 0.165. The summed E-state index contributed by atoms with van der Waals surface area (Å²) >= 11 is 0. The van der Waals surface area contributed by atoms with Crippen LogP contribution < -0.4 is 0 Å². The zero-order chi connectivity index (χ0) is 12.2. The molecule has 0 rings (SSSR count). The molecule has 0 saturated heterocycles. The molecule has 0 bridgehead atoms. The van der Waals surface area contributed by atoms with Crippen molar-refractivity contribution in [1.29, 1.82) is 0 Å². The first-order valence-corrected chi connectivity index (χ1v) is 6.36. The first-order valence-electron chi connectivity index (χ1n) is 6.36. The van der Waals surface area contributed by atoms with Crippen molar-refractivity contribution in [3.8, 4) is 0 Å². The highest BCUT2D eigenvalue weighted by molar-refractivity contribution is 5.15. The van der Waals surface area contributed by atoms with Gasteiger partial charge in [0.1, 0.15) is 5.76 Å². The molecule has 0 aromatic rings. The Bertz CT molecular complexity index is 226.